The molecule has 94 valence electrons. The average molecular weight is 244 g/mol. The van der Waals surface area contributed by atoms with Crippen molar-refractivity contribution in [2.45, 2.75) is 33.1 Å². The lowest BCUT2D eigenvalue weighted by Crippen LogP contribution is -2.08. The van der Waals surface area contributed by atoms with Gasteiger partial charge in [0.05, 0.1) is 12.0 Å². The molecule has 0 spiro atoms. The number of aryl methyl sites for hydroxylation is 2. The van der Waals surface area contributed by atoms with Gasteiger partial charge in [-0.25, -0.2) is 4.79 Å². The summed E-state index contributed by atoms with van der Waals surface area (Å²) in [6.07, 6.45) is 2.80. The minimum absolute atomic E-state index is 0.178. The molecule has 3 rings (SSSR count). The summed E-state index contributed by atoms with van der Waals surface area (Å²) in [6, 6.07) is 3.93. The van der Waals surface area contributed by atoms with E-state index < -0.39 is 0 Å². The van der Waals surface area contributed by atoms with Crippen molar-refractivity contribution in [2.75, 3.05) is 6.61 Å². The smallest absolute Gasteiger partial charge is 0.339 e. The lowest BCUT2D eigenvalue weighted by molar-refractivity contribution is 0.343. The van der Waals surface area contributed by atoms with Crippen molar-refractivity contribution in [1.82, 2.24) is 0 Å². The third-order valence-electron chi connectivity index (χ3n) is 3.48. The van der Waals surface area contributed by atoms with Gasteiger partial charge in [-0.3, -0.25) is 0 Å². The maximum absolute atomic E-state index is 11.9. The molecule has 3 heteroatoms. The van der Waals surface area contributed by atoms with Crippen molar-refractivity contribution in [3.63, 3.8) is 0 Å². The maximum Gasteiger partial charge on any atom is 0.339 e. The highest BCUT2D eigenvalue weighted by atomic mass is 16.5. The van der Waals surface area contributed by atoms with Crippen LogP contribution in [0.25, 0.3) is 11.0 Å². The van der Waals surface area contributed by atoms with Crippen LogP contribution in [0.15, 0.2) is 21.3 Å². The van der Waals surface area contributed by atoms with Gasteiger partial charge < -0.3 is 9.15 Å². The Morgan fingerprint density at radius 3 is 2.83 bits per heavy atom. The molecule has 0 fully saturated rings. The largest absolute Gasteiger partial charge is 0.493 e. The second-order valence-corrected chi connectivity index (χ2v) is 4.77. The van der Waals surface area contributed by atoms with Crippen LogP contribution in [-0.2, 0) is 12.8 Å². The SMILES string of the molecule is CCOc1cc(C)cc2oc(=O)c3c(c12)CCC3. The Labute approximate surface area is 105 Å². The van der Waals surface area contributed by atoms with Gasteiger partial charge in [-0.2, -0.15) is 0 Å². The zero-order chi connectivity index (χ0) is 12.7. The molecule has 0 unspecified atom stereocenters. The van der Waals surface area contributed by atoms with Crippen LogP contribution in [0.1, 0.15) is 30.0 Å². The van der Waals surface area contributed by atoms with Crippen molar-refractivity contribution in [3.8, 4) is 5.75 Å². The van der Waals surface area contributed by atoms with Crippen molar-refractivity contribution >= 4 is 11.0 Å². The summed E-state index contributed by atoms with van der Waals surface area (Å²) in [5.41, 5.74) is 3.50. The van der Waals surface area contributed by atoms with E-state index in [1.807, 2.05) is 26.0 Å². The summed E-state index contributed by atoms with van der Waals surface area (Å²) in [5, 5.41) is 0.995. The summed E-state index contributed by atoms with van der Waals surface area (Å²) in [5.74, 6) is 0.842. The molecular formula is C15H16O3. The molecule has 1 aliphatic carbocycles. The zero-order valence-electron chi connectivity index (χ0n) is 10.7. The van der Waals surface area contributed by atoms with Gasteiger partial charge in [0, 0.05) is 5.56 Å². The highest BCUT2D eigenvalue weighted by Gasteiger charge is 2.22. The van der Waals surface area contributed by atoms with Gasteiger partial charge in [0.25, 0.3) is 0 Å². The summed E-state index contributed by atoms with van der Waals surface area (Å²) >= 11 is 0. The fraction of sp³-hybridized carbons (Fsp3) is 0.400. The van der Waals surface area contributed by atoms with E-state index in [4.69, 9.17) is 9.15 Å². The molecule has 0 N–H and O–H groups in total. The molecule has 1 aromatic carbocycles. The third kappa shape index (κ3) is 1.62. The van der Waals surface area contributed by atoms with E-state index in [2.05, 4.69) is 0 Å². The van der Waals surface area contributed by atoms with Gasteiger partial charge >= 0.3 is 5.63 Å². The summed E-state index contributed by atoms with van der Waals surface area (Å²) in [6.45, 7) is 4.56. The van der Waals surface area contributed by atoms with Crippen LogP contribution in [0.4, 0.5) is 0 Å². The number of hydrogen-bond donors (Lipinski definition) is 0. The Bertz CT molecular complexity index is 667. The van der Waals surface area contributed by atoms with E-state index in [0.29, 0.717) is 12.2 Å². The lowest BCUT2D eigenvalue weighted by Gasteiger charge is -2.11. The normalized spacial score (nSPS) is 13.9. The standard InChI is InChI=1S/C15H16O3/c1-3-17-12-7-9(2)8-13-14(12)10-5-4-6-11(10)15(16)18-13/h7-8H,3-6H2,1-2H3. The minimum Gasteiger partial charge on any atom is -0.493 e. The third-order valence-corrected chi connectivity index (χ3v) is 3.48. The monoisotopic (exact) mass is 244 g/mol. The first kappa shape index (κ1) is 11.3. The van der Waals surface area contributed by atoms with Crippen LogP contribution in [0, 0.1) is 6.92 Å². The summed E-state index contributed by atoms with van der Waals surface area (Å²) in [4.78, 5) is 11.9. The van der Waals surface area contributed by atoms with Gasteiger partial charge in [0.2, 0.25) is 0 Å². The molecule has 1 aliphatic rings. The van der Waals surface area contributed by atoms with Gasteiger partial charge in [0.1, 0.15) is 11.3 Å². The van der Waals surface area contributed by atoms with E-state index in [1.54, 1.807) is 0 Å². The van der Waals surface area contributed by atoms with Crippen LogP contribution in [0.2, 0.25) is 0 Å². The van der Waals surface area contributed by atoms with Crippen molar-refractivity contribution in [2.24, 2.45) is 0 Å². The number of rotatable bonds is 2. The zero-order valence-corrected chi connectivity index (χ0v) is 10.7. The quantitative estimate of drug-likeness (QED) is 0.762. The molecule has 2 aromatic rings. The minimum atomic E-state index is -0.178. The molecule has 0 saturated heterocycles. The Kier molecular flexibility index (Phi) is 2.62. The van der Waals surface area contributed by atoms with Gasteiger partial charge in [-0.05, 0) is 56.4 Å². The average Bonchev–Trinajstić information content (AvgIpc) is 2.78. The van der Waals surface area contributed by atoms with E-state index in [0.717, 1.165) is 47.1 Å². The number of hydrogen-bond acceptors (Lipinski definition) is 3. The molecular weight excluding hydrogens is 228 g/mol. The molecule has 1 aromatic heterocycles. The first-order valence-electron chi connectivity index (χ1n) is 6.42. The van der Waals surface area contributed by atoms with Crippen LogP contribution in [0.5, 0.6) is 5.75 Å². The second kappa shape index (κ2) is 4.16. The fourth-order valence-electron chi connectivity index (χ4n) is 2.77. The van der Waals surface area contributed by atoms with E-state index >= 15 is 0 Å². The number of fused-ring (bicyclic) bond motifs is 3. The maximum atomic E-state index is 11.9. The highest BCUT2D eigenvalue weighted by Crippen LogP contribution is 2.34. The Balaban J connectivity index is 2.41. The van der Waals surface area contributed by atoms with E-state index in [1.165, 1.54) is 0 Å². The lowest BCUT2D eigenvalue weighted by atomic mass is 10.0. The predicted molar refractivity (Wildman–Crippen MR) is 70.4 cm³/mol. The van der Waals surface area contributed by atoms with Crippen molar-refractivity contribution in [1.29, 1.82) is 0 Å². The van der Waals surface area contributed by atoms with Crippen molar-refractivity contribution in [3.05, 3.63) is 39.2 Å². The Hall–Kier alpha value is -1.77. The van der Waals surface area contributed by atoms with Crippen LogP contribution in [0.3, 0.4) is 0 Å². The molecule has 0 radical (unpaired) electrons. The Morgan fingerprint density at radius 1 is 1.28 bits per heavy atom. The molecule has 0 aliphatic heterocycles. The van der Waals surface area contributed by atoms with Crippen LogP contribution >= 0.6 is 0 Å². The predicted octanol–water partition coefficient (Wildman–Crippen LogP) is 2.99. The molecule has 0 bridgehead atoms. The van der Waals surface area contributed by atoms with Crippen LogP contribution in [-0.4, -0.2) is 6.61 Å². The fourth-order valence-corrected chi connectivity index (χ4v) is 2.77. The molecule has 0 atom stereocenters. The van der Waals surface area contributed by atoms with Crippen molar-refractivity contribution < 1.29 is 9.15 Å². The molecule has 3 nitrogen and oxygen atoms in total. The van der Waals surface area contributed by atoms with Gasteiger partial charge in [-0.1, -0.05) is 0 Å². The van der Waals surface area contributed by atoms with Crippen LogP contribution < -0.4 is 10.4 Å². The second-order valence-electron chi connectivity index (χ2n) is 4.77. The van der Waals surface area contributed by atoms with Gasteiger partial charge in [0.15, 0.2) is 0 Å². The Morgan fingerprint density at radius 2 is 2.06 bits per heavy atom. The summed E-state index contributed by atoms with van der Waals surface area (Å²) < 4.78 is 11.1. The van der Waals surface area contributed by atoms with E-state index in [9.17, 15) is 4.79 Å². The first-order valence-corrected chi connectivity index (χ1v) is 6.42. The number of ether oxygens (including phenoxy) is 1. The number of benzene rings is 1. The molecule has 18 heavy (non-hydrogen) atoms. The van der Waals surface area contributed by atoms with E-state index in [-0.39, 0.29) is 5.63 Å². The molecule has 1 heterocycles. The topological polar surface area (TPSA) is 39.4 Å². The van der Waals surface area contributed by atoms with Gasteiger partial charge in [-0.15, -0.1) is 0 Å². The first-order chi connectivity index (χ1) is 8.70. The molecule has 0 saturated carbocycles. The highest BCUT2D eigenvalue weighted by molar-refractivity contribution is 5.88. The summed E-state index contributed by atoms with van der Waals surface area (Å²) in [7, 11) is 0. The molecule has 0 amide bonds.